The van der Waals surface area contributed by atoms with Gasteiger partial charge in [0.1, 0.15) is 25.0 Å². The van der Waals surface area contributed by atoms with E-state index in [2.05, 4.69) is 27.8 Å². The van der Waals surface area contributed by atoms with Gasteiger partial charge in [0.2, 0.25) is 6.79 Å². The zero-order valence-electron chi connectivity index (χ0n) is 34.6. The summed E-state index contributed by atoms with van der Waals surface area (Å²) in [6, 6.07) is 5.10. The molecular weight excluding hydrogens is 809 g/mol. The summed E-state index contributed by atoms with van der Waals surface area (Å²) >= 11 is 1.45. The van der Waals surface area contributed by atoms with E-state index >= 15 is 0 Å². The number of thioether (sulfide) groups is 1. The second-order valence-electron chi connectivity index (χ2n) is 16.0. The number of fused-ring (bicyclic) bond motifs is 9. The molecule has 1 unspecified atom stereocenters. The average Bonchev–Trinajstić information content (AvgIpc) is 3.73. The molecule has 4 bridgehead atoms. The van der Waals surface area contributed by atoms with Gasteiger partial charge in [-0.3, -0.25) is 19.9 Å². The normalized spacial score (nSPS) is 27.0. The molecule has 2 saturated heterocycles. The molecule has 0 aliphatic carbocycles. The lowest BCUT2D eigenvalue weighted by Crippen LogP contribution is -2.69. The Morgan fingerprint density at radius 2 is 1.85 bits per heavy atom. The smallest absolute Gasteiger partial charge is 0.504 e. The van der Waals surface area contributed by atoms with E-state index in [1.807, 2.05) is 27.0 Å². The summed E-state index contributed by atoms with van der Waals surface area (Å²) in [7, 11) is 4.94. The number of phenols is 1. The number of nitrogens with zero attached hydrogens (tertiary/aromatic N) is 3. The van der Waals surface area contributed by atoms with Crippen molar-refractivity contribution in [2.75, 3.05) is 53.6 Å². The Bertz CT molecular complexity index is 2440. The maximum atomic E-state index is 15.0. The van der Waals surface area contributed by atoms with E-state index in [1.54, 1.807) is 12.1 Å². The van der Waals surface area contributed by atoms with Crippen molar-refractivity contribution >= 4 is 29.9 Å². The standard InChI is InChI=1S/C44H46N4O12S/c1-8-11-55-43(52)60-30-14-23-9-10-46-44(25(23)15-29(30)53-6)18-61-41-33-32(40-39(57-19-58-40)21(3)38(33)59-22(4)49)28(17-56-42(44)51)48-27(16-45)26-13-24-12-20(2)37(54-7)36(50)31(24)34(35(41)48)47(26)5/h8,12,14-15,26-28,34-35,41,46,50H,1,9-11,13,17-19H2,2-7H3/t26-,27-,28+,34-,35?,41+,44+/m0/s1. The predicted molar refractivity (Wildman–Crippen MR) is 218 cm³/mol. The van der Waals surface area contributed by atoms with Crippen LogP contribution in [0, 0.1) is 25.2 Å². The molecule has 7 atom stereocenters. The number of piperazine rings is 1. The molecule has 0 amide bonds. The van der Waals surface area contributed by atoms with Gasteiger partial charge in [0.05, 0.1) is 37.6 Å². The molecule has 10 rings (SSSR count). The molecule has 0 radical (unpaired) electrons. The van der Waals surface area contributed by atoms with Crippen molar-refractivity contribution in [3.63, 3.8) is 0 Å². The molecule has 7 aliphatic heterocycles. The number of phenolic OH excluding ortho intramolecular Hbond substituents is 1. The average molecular weight is 855 g/mol. The number of nitriles is 1. The monoisotopic (exact) mass is 854 g/mol. The fourth-order valence-corrected chi connectivity index (χ4v) is 12.2. The lowest BCUT2D eigenvalue weighted by Gasteiger charge is -2.62. The highest BCUT2D eigenvalue weighted by Crippen LogP contribution is 2.64. The van der Waals surface area contributed by atoms with Crippen LogP contribution in [-0.4, -0.2) is 105 Å². The van der Waals surface area contributed by atoms with Crippen LogP contribution in [0.4, 0.5) is 4.79 Å². The summed E-state index contributed by atoms with van der Waals surface area (Å²) in [6.07, 6.45) is 1.44. The molecule has 7 heterocycles. The highest BCUT2D eigenvalue weighted by atomic mass is 32.2. The Hall–Kier alpha value is -5.67. The molecule has 1 spiro atoms. The Morgan fingerprint density at radius 3 is 2.57 bits per heavy atom. The van der Waals surface area contributed by atoms with Crippen LogP contribution in [0.5, 0.6) is 40.2 Å². The summed E-state index contributed by atoms with van der Waals surface area (Å²) in [5.41, 5.74) is 4.06. The first kappa shape index (κ1) is 40.7. The third kappa shape index (κ3) is 6.09. The van der Waals surface area contributed by atoms with E-state index in [9.17, 15) is 24.8 Å². The first-order valence-electron chi connectivity index (χ1n) is 20.0. The SMILES string of the molecule is C=CCOC(=O)Oc1cc2c(cc1OC)[C@@]1(CS[C@@H]3c4c(OC(C)=O)c(C)c5c(c4[C@@H](COC1=O)N1C3[C@@H]3c4c(cc(C)c(OC)c4O)C[C@@H]([C@@H]1C#N)N3C)OCO5)NCC2. The summed E-state index contributed by atoms with van der Waals surface area (Å²) in [6.45, 7) is 8.64. The summed E-state index contributed by atoms with van der Waals surface area (Å²) in [5.74, 6) is 0.845. The number of benzene rings is 3. The number of esters is 2. The Kier molecular flexibility index (Phi) is 10.2. The Balaban J connectivity index is 1.27. The fraction of sp³-hybridized carbons (Fsp3) is 0.455. The molecule has 2 N–H and O–H groups in total. The summed E-state index contributed by atoms with van der Waals surface area (Å²) < 4.78 is 47.0. The van der Waals surface area contributed by atoms with Gasteiger partial charge in [-0.1, -0.05) is 18.7 Å². The van der Waals surface area contributed by atoms with E-state index in [0.717, 1.165) is 16.7 Å². The molecule has 3 aromatic rings. The second-order valence-corrected chi connectivity index (χ2v) is 17.2. The molecule has 0 saturated carbocycles. The van der Waals surface area contributed by atoms with Crippen LogP contribution in [0.15, 0.2) is 30.9 Å². The highest BCUT2D eigenvalue weighted by Gasteiger charge is 2.62. The van der Waals surface area contributed by atoms with E-state index in [4.69, 9.17) is 37.9 Å². The number of aryl methyl sites for hydroxylation is 1. The zero-order valence-corrected chi connectivity index (χ0v) is 35.4. The number of rotatable bonds is 6. The minimum atomic E-state index is -1.45. The molecular formula is C44H46N4O12S. The van der Waals surface area contributed by atoms with Gasteiger partial charge in [0, 0.05) is 53.6 Å². The van der Waals surface area contributed by atoms with E-state index < -0.39 is 53.1 Å². The maximum Gasteiger partial charge on any atom is 0.514 e. The van der Waals surface area contributed by atoms with Crippen LogP contribution >= 0.6 is 11.8 Å². The molecule has 3 aromatic carbocycles. The number of hydrogen-bond donors (Lipinski definition) is 2. The number of aromatic hydroxyl groups is 1. The predicted octanol–water partition coefficient (Wildman–Crippen LogP) is 4.98. The first-order valence-corrected chi connectivity index (χ1v) is 21.1. The van der Waals surface area contributed by atoms with Gasteiger partial charge in [0.25, 0.3) is 0 Å². The van der Waals surface area contributed by atoms with Crippen molar-refractivity contribution in [2.45, 2.75) is 74.6 Å². The Labute approximate surface area is 356 Å². The van der Waals surface area contributed by atoms with Crippen LogP contribution in [0.25, 0.3) is 0 Å². The lowest BCUT2D eigenvalue weighted by molar-refractivity contribution is -0.157. The number of carbonyl (C=O) groups excluding carboxylic acids is 3. The number of ether oxygens (including phenoxy) is 8. The van der Waals surface area contributed by atoms with Gasteiger partial charge in [-0.25, -0.2) is 9.59 Å². The van der Waals surface area contributed by atoms with Crippen LogP contribution in [0.1, 0.15) is 68.8 Å². The van der Waals surface area contributed by atoms with Crippen LogP contribution < -0.4 is 33.7 Å². The Morgan fingerprint density at radius 1 is 1.07 bits per heavy atom. The molecule has 0 aromatic heterocycles. The lowest BCUT2D eigenvalue weighted by atomic mass is 9.71. The van der Waals surface area contributed by atoms with Crippen molar-refractivity contribution in [3.8, 4) is 46.3 Å². The van der Waals surface area contributed by atoms with Gasteiger partial charge in [-0.05, 0) is 68.1 Å². The highest BCUT2D eigenvalue weighted by molar-refractivity contribution is 7.99. The number of hydrogen-bond acceptors (Lipinski definition) is 17. The topological polar surface area (TPSA) is 188 Å². The minimum absolute atomic E-state index is 0.0210. The molecule has 320 valence electrons. The van der Waals surface area contributed by atoms with Gasteiger partial charge in [-0.2, -0.15) is 5.26 Å². The number of methoxy groups -OCH3 is 2. The van der Waals surface area contributed by atoms with Crippen LogP contribution in [0.2, 0.25) is 0 Å². The second kappa shape index (κ2) is 15.4. The minimum Gasteiger partial charge on any atom is -0.504 e. The first-order chi connectivity index (χ1) is 29.4. The van der Waals surface area contributed by atoms with Gasteiger partial charge < -0.3 is 43.0 Å². The van der Waals surface area contributed by atoms with Crippen molar-refractivity contribution in [1.82, 2.24) is 15.1 Å². The van der Waals surface area contributed by atoms with Gasteiger partial charge >= 0.3 is 18.1 Å². The van der Waals surface area contributed by atoms with Gasteiger partial charge in [0.15, 0.2) is 40.0 Å². The number of likely N-dealkylation sites (N-methyl/N-ethyl adjacent to an activating group) is 1. The van der Waals surface area contributed by atoms with Crippen molar-refractivity contribution in [1.29, 1.82) is 5.26 Å². The van der Waals surface area contributed by atoms with Crippen molar-refractivity contribution in [2.24, 2.45) is 0 Å². The maximum absolute atomic E-state index is 15.0. The van der Waals surface area contributed by atoms with Gasteiger partial charge in [-0.15, -0.1) is 11.8 Å². The number of carbonyl (C=O) groups is 3. The molecule has 17 heteroatoms. The van der Waals surface area contributed by atoms with E-state index in [-0.39, 0.29) is 49.0 Å². The third-order valence-corrected chi connectivity index (χ3v) is 14.4. The molecule has 2 fully saturated rings. The van der Waals surface area contributed by atoms with Crippen LogP contribution in [-0.2, 0) is 37.4 Å². The third-order valence-electron chi connectivity index (χ3n) is 12.9. The number of nitrogens with one attached hydrogen (secondary N) is 1. The quantitative estimate of drug-likeness (QED) is 0.146. The molecule has 7 aliphatic rings. The molecule has 61 heavy (non-hydrogen) atoms. The summed E-state index contributed by atoms with van der Waals surface area (Å²) in [5, 5.41) is 26.2. The van der Waals surface area contributed by atoms with Crippen LogP contribution in [0.3, 0.4) is 0 Å². The van der Waals surface area contributed by atoms with Crippen molar-refractivity contribution < 1.29 is 57.4 Å². The zero-order chi connectivity index (χ0) is 43.1. The van der Waals surface area contributed by atoms with Crippen molar-refractivity contribution in [3.05, 3.63) is 75.4 Å². The van der Waals surface area contributed by atoms with E-state index in [0.29, 0.717) is 70.2 Å². The molecule has 16 nitrogen and oxygen atoms in total. The fourth-order valence-electron chi connectivity index (χ4n) is 10.5. The summed E-state index contributed by atoms with van der Waals surface area (Å²) in [4.78, 5) is 44.9. The van der Waals surface area contributed by atoms with E-state index in [1.165, 1.54) is 39.0 Å². The largest absolute Gasteiger partial charge is 0.514 e.